The lowest BCUT2D eigenvalue weighted by Gasteiger charge is -2.45. The predicted molar refractivity (Wildman–Crippen MR) is 99.6 cm³/mol. The number of halogens is 16. The smallest absolute Gasteiger partial charge is 0.370 e. The van der Waals surface area contributed by atoms with E-state index in [1.54, 1.807) is 0 Å². The second-order valence-corrected chi connectivity index (χ2v) is 10.0. The fourth-order valence-electron chi connectivity index (χ4n) is 2.82. The van der Waals surface area contributed by atoms with Gasteiger partial charge in [-0.15, -0.1) is 6.58 Å². The molecule has 228 valence electrons. The highest BCUT2D eigenvalue weighted by atomic mass is 28.4. The van der Waals surface area contributed by atoms with Crippen molar-refractivity contribution in [3.8, 4) is 0 Å². The minimum atomic E-state index is -8.53. The molecule has 0 fully saturated rings. The number of hydrogen-bond donors (Lipinski definition) is 0. The Hall–Kier alpha value is -1.28. The van der Waals surface area contributed by atoms with Crippen molar-refractivity contribution in [3.63, 3.8) is 0 Å². The fourth-order valence-corrected chi connectivity index (χ4v) is 5.29. The average Bonchev–Trinajstić information content (AvgIpc) is 2.77. The number of alkyl halides is 16. The van der Waals surface area contributed by atoms with E-state index < -0.39 is 88.5 Å². The van der Waals surface area contributed by atoms with Crippen molar-refractivity contribution in [2.24, 2.45) is 0 Å². The van der Waals surface area contributed by atoms with Gasteiger partial charge in [0.2, 0.25) is 0 Å². The second kappa shape index (κ2) is 11.3. The molecule has 0 aromatic carbocycles. The van der Waals surface area contributed by atoms with E-state index in [9.17, 15) is 70.2 Å². The third kappa shape index (κ3) is 5.13. The summed E-state index contributed by atoms with van der Waals surface area (Å²) in [4.78, 5) is 0. The molecule has 0 heterocycles. The van der Waals surface area contributed by atoms with Crippen molar-refractivity contribution in [1.29, 1.82) is 0 Å². The van der Waals surface area contributed by atoms with Crippen LogP contribution >= 0.6 is 0 Å². The van der Waals surface area contributed by atoms with Gasteiger partial charge >= 0.3 is 55.8 Å². The van der Waals surface area contributed by atoms with Gasteiger partial charge in [0.05, 0.1) is 0 Å². The summed E-state index contributed by atoms with van der Waals surface area (Å²) in [5.41, 5.74) is -6.81. The quantitative estimate of drug-likeness (QED) is 0.0954. The minimum absolute atomic E-state index is 0.372. The molecule has 0 bridgehead atoms. The molecule has 0 N–H and O–H groups in total. The van der Waals surface area contributed by atoms with E-state index in [1.165, 1.54) is 0 Å². The number of hydrogen-bond acceptors (Lipinski definition) is 3. The predicted octanol–water partition coefficient (Wildman–Crippen LogP) is 7.62. The van der Waals surface area contributed by atoms with Crippen LogP contribution in [-0.2, 0) is 13.3 Å². The maximum Gasteiger partial charge on any atom is 0.582 e. The van der Waals surface area contributed by atoms with E-state index in [0.29, 0.717) is 6.08 Å². The van der Waals surface area contributed by atoms with Gasteiger partial charge in [0.1, 0.15) is 0 Å². The normalized spacial score (nSPS) is 15.7. The van der Waals surface area contributed by atoms with Crippen LogP contribution in [0.2, 0.25) is 0 Å². The zero-order valence-corrected chi connectivity index (χ0v) is 20.6. The highest BCUT2D eigenvalue weighted by molar-refractivity contribution is 6.63. The van der Waals surface area contributed by atoms with Gasteiger partial charge in [-0.3, -0.25) is 0 Å². The van der Waals surface area contributed by atoms with Crippen LogP contribution in [0, 0.1) is 0 Å². The Labute approximate surface area is 206 Å². The Bertz CT molecular complexity index is 785. The third-order valence-electron chi connectivity index (χ3n) is 4.88. The molecule has 0 unspecified atom stereocenters. The summed E-state index contributed by atoms with van der Waals surface area (Å²) >= 11 is 0. The largest absolute Gasteiger partial charge is 0.582 e. The highest BCUT2D eigenvalue weighted by Gasteiger charge is 2.97. The van der Waals surface area contributed by atoms with Crippen molar-refractivity contribution in [2.75, 3.05) is 19.8 Å². The maximum atomic E-state index is 14.8. The summed E-state index contributed by atoms with van der Waals surface area (Å²) in [5.74, 6) is -55.3. The monoisotopic (exact) mass is 618 g/mol. The molecular formula is C18H22F16O3Si. The first-order chi connectivity index (χ1) is 16.7. The summed E-state index contributed by atoms with van der Waals surface area (Å²) in [6.07, 6.45) is -3.41. The summed E-state index contributed by atoms with van der Waals surface area (Å²) in [6.45, 7) is 1.69. The van der Waals surface area contributed by atoms with Gasteiger partial charge in [0.15, 0.2) is 0 Å². The van der Waals surface area contributed by atoms with Crippen LogP contribution in [0.25, 0.3) is 0 Å². The average molecular weight is 618 g/mol. The van der Waals surface area contributed by atoms with Crippen molar-refractivity contribution < 1.29 is 83.5 Å². The van der Waals surface area contributed by atoms with E-state index in [0.717, 1.165) is 20.8 Å². The second-order valence-electron chi connectivity index (χ2n) is 7.41. The maximum absolute atomic E-state index is 14.8. The molecule has 0 aromatic rings. The first kappa shape index (κ1) is 36.7. The van der Waals surface area contributed by atoms with Crippen molar-refractivity contribution >= 4 is 8.80 Å². The third-order valence-corrected chi connectivity index (χ3v) is 7.96. The molecule has 20 heteroatoms. The Morgan fingerprint density at radius 1 is 0.526 bits per heavy atom. The lowest BCUT2D eigenvalue weighted by Crippen LogP contribution is -2.78. The van der Waals surface area contributed by atoms with Crippen LogP contribution in [0.5, 0.6) is 0 Å². The van der Waals surface area contributed by atoms with E-state index in [1.807, 2.05) is 0 Å². The molecule has 0 atom stereocenters. The number of rotatable bonds is 17. The Morgan fingerprint density at radius 3 is 1.11 bits per heavy atom. The van der Waals surface area contributed by atoms with Crippen molar-refractivity contribution in [2.45, 2.75) is 80.6 Å². The summed E-state index contributed by atoms with van der Waals surface area (Å²) < 4.78 is 238. The first-order valence-electron chi connectivity index (χ1n) is 10.3. The van der Waals surface area contributed by atoms with Gasteiger partial charge in [-0.1, -0.05) is 6.08 Å². The van der Waals surface area contributed by atoms with Crippen LogP contribution in [0.4, 0.5) is 70.2 Å². The zero-order chi connectivity index (χ0) is 30.9. The molecule has 0 amide bonds. The Kier molecular flexibility index (Phi) is 10.9. The highest BCUT2D eigenvalue weighted by Crippen LogP contribution is 2.65. The fraction of sp³-hybridized carbons (Fsp3) is 0.889. The standard InChI is InChI=1S/C18H22F16O3Si/c1-5-9-10-11(19,20)12(21,22)13(23,24)14(25,26)15(27,28)16(29,30)17(31,32)18(33,34)38(35-6-2,36-7-3)37-8-4/h5H,1,6-10H2,2-4H3. The molecule has 0 aliphatic heterocycles. The number of allylic oxidation sites excluding steroid dienone is 1. The van der Waals surface area contributed by atoms with Gasteiger partial charge in [-0.25, -0.2) is 0 Å². The zero-order valence-electron chi connectivity index (χ0n) is 19.6. The van der Waals surface area contributed by atoms with E-state index in [2.05, 4.69) is 19.9 Å². The van der Waals surface area contributed by atoms with E-state index in [4.69, 9.17) is 0 Å². The summed E-state index contributed by atoms with van der Waals surface area (Å²) in [6, 6.07) is 0. The van der Waals surface area contributed by atoms with E-state index >= 15 is 0 Å². The van der Waals surface area contributed by atoms with Gasteiger partial charge in [0, 0.05) is 26.2 Å². The van der Waals surface area contributed by atoms with Crippen molar-refractivity contribution in [3.05, 3.63) is 12.7 Å². The lowest BCUT2D eigenvalue weighted by atomic mass is 9.88. The molecule has 0 aromatic heterocycles. The van der Waals surface area contributed by atoms with Crippen LogP contribution in [-0.4, -0.2) is 75.6 Å². The molecule has 0 rings (SSSR count). The van der Waals surface area contributed by atoms with Crippen molar-refractivity contribution in [1.82, 2.24) is 0 Å². The SMILES string of the molecule is C=CCCC(F)(F)C(F)(F)C(F)(F)C(F)(F)C(F)(F)C(F)(F)C(F)(F)C(F)(F)[Si](OCC)(OCC)OCC. The Balaban J connectivity index is 7.11. The molecule has 3 nitrogen and oxygen atoms in total. The summed E-state index contributed by atoms with van der Waals surface area (Å²) in [5, 5.41) is 0. The van der Waals surface area contributed by atoms with Gasteiger partial charge in [-0.05, 0) is 27.2 Å². The molecule has 0 aliphatic rings. The van der Waals surface area contributed by atoms with Gasteiger partial charge < -0.3 is 13.3 Å². The van der Waals surface area contributed by atoms with Gasteiger partial charge in [-0.2, -0.15) is 70.2 Å². The molecule has 0 aliphatic carbocycles. The molecule has 38 heavy (non-hydrogen) atoms. The molecule has 0 spiro atoms. The Morgan fingerprint density at radius 2 is 0.816 bits per heavy atom. The van der Waals surface area contributed by atoms with Crippen LogP contribution in [0.3, 0.4) is 0 Å². The van der Waals surface area contributed by atoms with Crippen LogP contribution < -0.4 is 0 Å². The molecule has 0 saturated carbocycles. The van der Waals surface area contributed by atoms with Crippen LogP contribution in [0.15, 0.2) is 12.7 Å². The molecule has 0 radical (unpaired) electrons. The minimum Gasteiger partial charge on any atom is -0.370 e. The van der Waals surface area contributed by atoms with E-state index in [-0.39, 0.29) is 0 Å². The lowest BCUT2D eigenvalue weighted by molar-refractivity contribution is -0.451. The molecular weight excluding hydrogens is 596 g/mol. The van der Waals surface area contributed by atoms with Gasteiger partial charge in [0.25, 0.3) is 0 Å². The first-order valence-corrected chi connectivity index (χ1v) is 12.0. The molecule has 0 saturated heterocycles. The summed E-state index contributed by atoms with van der Waals surface area (Å²) in [7, 11) is -6.64. The van der Waals surface area contributed by atoms with Crippen LogP contribution in [0.1, 0.15) is 33.6 Å². The topological polar surface area (TPSA) is 27.7 Å².